The van der Waals surface area contributed by atoms with Gasteiger partial charge in [0.05, 0.1) is 30.9 Å². The predicted molar refractivity (Wildman–Crippen MR) is 238 cm³/mol. The van der Waals surface area contributed by atoms with Crippen LogP contribution in [-0.2, 0) is 60.7 Å². The molecular formula is C51H67N3O11. The molecule has 14 nitrogen and oxygen atoms in total. The largest absolute Gasteiger partial charge is 0.460 e. The molecule has 352 valence electrons. The van der Waals surface area contributed by atoms with Crippen LogP contribution >= 0.6 is 0 Å². The third-order valence-electron chi connectivity index (χ3n) is 15.6. The summed E-state index contributed by atoms with van der Waals surface area (Å²) in [5.41, 5.74) is 2.48. The van der Waals surface area contributed by atoms with Gasteiger partial charge in [-0.1, -0.05) is 80.1 Å². The molecule has 7 aliphatic rings. The van der Waals surface area contributed by atoms with Crippen molar-refractivity contribution in [3.63, 3.8) is 0 Å². The van der Waals surface area contributed by atoms with Crippen LogP contribution in [0.4, 0.5) is 0 Å². The Morgan fingerprint density at radius 2 is 1.74 bits per heavy atom. The van der Waals surface area contributed by atoms with Crippen LogP contribution in [0, 0.1) is 22.7 Å². The Morgan fingerprint density at radius 3 is 2.45 bits per heavy atom. The summed E-state index contributed by atoms with van der Waals surface area (Å²) in [6.07, 6.45) is 5.62. The number of epoxide rings is 1. The number of ether oxygens (including phenoxy) is 5. The minimum atomic E-state index is -1.48. The molecule has 0 radical (unpaired) electrons. The van der Waals surface area contributed by atoms with E-state index in [4.69, 9.17) is 28.5 Å². The Hall–Kier alpha value is -4.18. The first-order chi connectivity index (χ1) is 30.9. The summed E-state index contributed by atoms with van der Waals surface area (Å²) in [4.78, 5) is 64.9. The average Bonchev–Trinajstić information content (AvgIpc) is 3.53. The molecule has 4 aliphatic heterocycles. The highest BCUT2D eigenvalue weighted by Gasteiger charge is 2.75. The number of esters is 2. The number of carbonyl (C=O) groups excluding carboxylic acids is 4. The number of nitrogens with zero attached hydrogens (tertiary/aromatic N) is 2. The topological polar surface area (TPSA) is 166 Å². The molecule has 2 bridgehead atoms. The third-order valence-corrected chi connectivity index (χ3v) is 15.6. The zero-order valence-electron chi connectivity index (χ0n) is 39.0. The molecule has 9 rings (SSSR count). The van der Waals surface area contributed by atoms with Crippen LogP contribution in [0.1, 0.15) is 110 Å². The predicted octanol–water partition coefficient (Wildman–Crippen LogP) is 5.67. The molecule has 12 atom stereocenters. The Kier molecular flexibility index (Phi) is 12.4. The van der Waals surface area contributed by atoms with Crippen LogP contribution < -0.4 is 5.32 Å². The van der Waals surface area contributed by atoms with E-state index in [2.05, 4.69) is 44.3 Å². The van der Waals surface area contributed by atoms with Gasteiger partial charge in [0.15, 0.2) is 6.04 Å². The highest BCUT2D eigenvalue weighted by Crippen LogP contribution is 2.60. The van der Waals surface area contributed by atoms with E-state index in [-0.39, 0.29) is 44.6 Å². The Balaban J connectivity index is 0.965. The van der Waals surface area contributed by atoms with E-state index in [1.54, 1.807) is 32.9 Å². The first-order valence-electron chi connectivity index (χ1n) is 23.7. The first kappa shape index (κ1) is 46.0. The summed E-state index contributed by atoms with van der Waals surface area (Å²) in [7, 11) is 1.57. The van der Waals surface area contributed by atoms with Crippen molar-refractivity contribution in [2.75, 3.05) is 20.4 Å². The number of fused-ring (bicyclic) bond motifs is 6. The summed E-state index contributed by atoms with van der Waals surface area (Å²) in [5, 5.41) is 14.8. The number of amides is 2. The number of aliphatic hydroxyl groups is 1. The van der Waals surface area contributed by atoms with E-state index in [1.165, 1.54) is 23.3 Å². The van der Waals surface area contributed by atoms with Gasteiger partial charge < -0.3 is 39.0 Å². The fourth-order valence-corrected chi connectivity index (χ4v) is 12.0. The lowest BCUT2D eigenvalue weighted by Gasteiger charge is -2.53. The highest BCUT2D eigenvalue weighted by molar-refractivity contribution is 5.96. The van der Waals surface area contributed by atoms with Crippen molar-refractivity contribution in [3.8, 4) is 0 Å². The third kappa shape index (κ3) is 8.91. The van der Waals surface area contributed by atoms with Crippen molar-refractivity contribution in [2.45, 2.75) is 166 Å². The zero-order valence-corrected chi connectivity index (χ0v) is 39.0. The van der Waals surface area contributed by atoms with E-state index >= 15 is 4.79 Å². The lowest BCUT2D eigenvalue weighted by Crippen LogP contribution is -2.70. The van der Waals surface area contributed by atoms with E-state index in [0.717, 1.165) is 36.0 Å². The van der Waals surface area contributed by atoms with Gasteiger partial charge in [-0.2, -0.15) is 5.06 Å². The second kappa shape index (κ2) is 17.5. The quantitative estimate of drug-likeness (QED) is 0.187. The maximum absolute atomic E-state index is 15.5. The van der Waals surface area contributed by atoms with Crippen LogP contribution in [-0.4, -0.2) is 119 Å². The van der Waals surface area contributed by atoms with Gasteiger partial charge in [-0.15, -0.1) is 0 Å². The van der Waals surface area contributed by atoms with E-state index in [0.29, 0.717) is 23.4 Å². The number of nitrogens with one attached hydrogen (secondary N) is 1. The number of aliphatic hydroxyl groups excluding tert-OH is 1. The fraction of sp³-hybridized carbons (Fsp3) is 0.647. The van der Waals surface area contributed by atoms with E-state index in [9.17, 15) is 19.5 Å². The van der Waals surface area contributed by atoms with E-state index < -0.39 is 83.9 Å². The van der Waals surface area contributed by atoms with Crippen molar-refractivity contribution in [1.29, 1.82) is 0 Å². The lowest BCUT2D eigenvalue weighted by atomic mass is 9.52. The molecule has 4 heterocycles. The van der Waals surface area contributed by atoms with Crippen LogP contribution in [0.3, 0.4) is 0 Å². The number of rotatable bonds is 13. The monoisotopic (exact) mass is 897 g/mol. The average molecular weight is 898 g/mol. The smallest absolute Gasteiger partial charge is 0.327 e. The van der Waals surface area contributed by atoms with Crippen LogP contribution in [0.25, 0.3) is 6.08 Å². The summed E-state index contributed by atoms with van der Waals surface area (Å²) in [6.45, 7) is 12.1. The Labute approximate surface area is 382 Å². The van der Waals surface area contributed by atoms with Crippen LogP contribution in [0.2, 0.25) is 0 Å². The molecule has 4 saturated heterocycles. The molecule has 7 fully saturated rings. The van der Waals surface area contributed by atoms with Crippen molar-refractivity contribution in [2.24, 2.45) is 22.7 Å². The lowest BCUT2D eigenvalue weighted by molar-refractivity contribution is -0.204. The molecule has 14 heteroatoms. The molecule has 2 aromatic rings. The SMILES string of the molecule is CN(C(=O)C12CC3OC(=O)C1N(Cc1ccc(C=C4CCC5OC5(C)CCC5C4CC5(C)C)cc1)OC2C1OCOC31)C(Cc1ccccc1)C(=O)NC(CO)CCC(=O)OC(C)(C)C. The van der Waals surface area contributed by atoms with Crippen LogP contribution in [0.15, 0.2) is 60.2 Å². The van der Waals surface area contributed by atoms with E-state index in [1.807, 2.05) is 42.5 Å². The summed E-state index contributed by atoms with van der Waals surface area (Å²) in [5.74, 6) is -0.804. The van der Waals surface area contributed by atoms with Crippen molar-refractivity contribution in [1.82, 2.24) is 15.3 Å². The van der Waals surface area contributed by atoms with Gasteiger partial charge >= 0.3 is 11.9 Å². The number of hydrogen-bond acceptors (Lipinski definition) is 12. The second-order valence-electron chi connectivity index (χ2n) is 21.6. The van der Waals surface area contributed by atoms with Crippen LogP contribution in [0.5, 0.6) is 0 Å². The number of likely N-dealkylation sites (N-methyl/N-ethyl adjacent to an activating group) is 1. The van der Waals surface area contributed by atoms with Crippen molar-refractivity contribution >= 4 is 29.8 Å². The fourth-order valence-electron chi connectivity index (χ4n) is 12.0. The Morgan fingerprint density at radius 1 is 1.00 bits per heavy atom. The minimum Gasteiger partial charge on any atom is -0.460 e. The molecule has 65 heavy (non-hydrogen) atoms. The maximum Gasteiger partial charge on any atom is 0.327 e. The second-order valence-corrected chi connectivity index (χ2v) is 21.6. The van der Waals surface area contributed by atoms with Crippen molar-refractivity contribution < 1.29 is 52.8 Å². The molecule has 3 aliphatic carbocycles. The number of hydroxylamine groups is 2. The van der Waals surface area contributed by atoms with Gasteiger partial charge in [0, 0.05) is 26.3 Å². The standard InChI is InChI=1S/C51H67N3O11/c1-48(2,3)64-40(56)20-18-34(28-55)52-45(57)37(24-30-11-9-8-10-12-30)53(7)47(59)51-26-38-41-42(61-29-60-41)44(51)65-54(43(51)46(58)62-38)27-32-15-13-31(14-16-32)23-33-17-19-39-50(6,63-39)22-21-36-35(33)25-49(36,4)5/h8-16,23,34-39,41-44,55H,17-22,24-29H2,1-7H3,(H,52,57). The van der Waals surface area contributed by atoms with Crippen molar-refractivity contribution in [3.05, 3.63) is 76.9 Å². The van der Waals surface area contributed by atoms with Gasteiger partial charge in [0.25, 0.3) is 0 Å². The number of benzene rings is 2. The van der Waals surface area contributed by atoms with Gasteiger partial charge in [0.2, 0.25) is 11.8 Å². The Bertz CT molecular complexity index is 2160. The van der Waals surface area contributed by atoms with Gasteiger partial charge in [-0.25, -0.2) is 0 Å². The van der Waals surface area contributed by atoms with Gasteiger partial charge in [-0.3, -0.25) is 24.0 Å². The zero-order chi connectivity index (χ0) is 46.1. The minimum absolute atomic E-state index is 0.0235. The number of hydrogen-bond donors (Lipinski definition) is 2. The van der Waals surface area contributed by atoms with Gasteiger partial charge in [0.1, 0.15) is 48.3 Å². The summed E-state index contributed by atoms with van der Waals surface area (Å²) in [6, 6.07) is 14.7. The highest BCUT2D eigenvalue weighted by atomic mass is 16.8. The summed E-state index contributed by atoms with van der Waals surface area (Å²) >= 11 is 0. The molecule has 2 N–H and O–H groups in total. The normalized spacial score (nSPS) is 34.8. The summed E-state index contributed by atoms with van der Waals surface area (Å²) < 4.78 is 29.8. The molecule has 2 aromatic carbocycles. The molecule has 12 unspecified atom stereocenters. The number of carbonyl (C=O) groups is 4. The number of allylic oxidation sites excluding steroid dienone is 1. The molecule has 3 saturated carbocycles. The molecule has 0 spiro atoms. The molecule has 2 amide bonds. The molecule has 0 aromatic heterocycles. The maximum atomic E-state index is 15.5. The first-order valence-corrected chi connectivity index (χ1v) is 23.7. The molecular weight excluding hydrogens is 831 g/mol. The van der Waals surface area contributed by atoms with Gasteiger partial charge in [-0.05, 0) is 100 Å².